The summed E-state index contributed by atoms with van der Waals surface area (Å²) >= 11 is 6.28. The topological polar surface area (TPSA) is 97.8 Å². The van der Waals surface area contributed by atoms with E-state index in [4.69, 9.17) is 30.5 Å². The van der Waals surface area contributed by atoms with Crippen LogP contribution in [0.3, 0.4) is 0 Å². The molecule has 0 saturated carbocycles. The fourth-order valence-corrected chi connectivity index (χ4v) is 4.79. The average molecular weight is 517 g/mol. The first-order chi connectivity index (χ1) is 17.4. The Kier molecular flexibility index (Phi) is 8.03. The van der Waals surface area contributed by atoms with Crippen LogP contribution in [-0.4, -0.2) is 87.3 Å². The Labute approximate surface area is 214 Å². The number of nitrogens with zero attached hydrogens (tertiary/aromatic N) is 2. The van der Waals surface area contributed by atoms with Gasteiger partial charge in [0.05, 0.1) is 51.2 Å². The lowest BCUT2D eigenvalue weighted by Crippen LogP contribution is -2.42. The number of amides is 1. The molecule has 1 atom stereocenters. The molecule has 4 rings (SSSR count). The van der Waals surface area contributed by atoms with Crippen molar-refractivity contribution in [2.45, 2.75) is 6.04 Å². The number of carbonyl (C=O) groups excluding carboxylic acids is 2. The van der Waals surface area contributed by atoms with Crippen molar-refractivity contribution >= 4 is 29.1 Å². The lowest BCUT2D eigenvalue weighted by Gasteiger charge is -2.31. The Bertz CT molecular complexity index is 1180. The van der Waals surface area contributed by atoms with Crippen LogP contribution in [0.2, 0.25) is 5.02 Å². The highest BCUT2D eigenvalue weighted by Crippen LogP contribution is 2.44. The number of ketones is 1. The van der Waals surface area contributed by atoms with Gasteiger partial charge >= 0.3 is 0 Å². The van der Waals surface area contributed by atoms with Crippen molar-refractivity contribution in [3.63, 3.8) is 0 Å². The van der Waals surface area contributed by atoms with Crippen LogP contribution < -0.4 is 14.2 Å². The van der Waals surface area contributed by atoms with E-state index in [0.29, 0.717) is 48.1 Å². The Morgan fingerprint density at radius 1 is 1.00 bits per heavy atom. The third-order valence-electron chi connectivity index (χ3n) is 6.46. The van der Waals surface area contributed by atoms with Gasteiger partial charge in [-0.3, -0.25) is 14.5 Å². The summed E-state index contributed by atoms with van der Waals surface area (Å²) in [5.74, 6) is -0.405. The SMILES string of the molecule is COc1ccc(OC)c([C@@H]2C(=C(O)c3ccc(OC)c(Cl)c3)C(=O)C(=O)N2CCN2CCOCC2)c1. The molecule has 0 aromatic heterocycles. The van der Waals surface area contributed by atoms with Crippen molar-refractivity contribution in [2.24, 2.45) is 0 Å². The van der Waals surface area contributed by atoms with Crippen molar-refractivity contribution in [3.8, 4) is 17.2 Å². The summed E-state index contributed by atoms with van der Waals surface area (Å²) in [4.78, 5) is 30.3. The summed E-state index contributed by atoms with van der Waals surface area (Å²) in [5.41, 5.74) is 0.771. The third kappa shape index (κ3) is 5.00. The molecule has 2 heterocycles. The molecular formula is C26H29ClN2O7. The Morgan fingerprint density at radius 3 is 2.33 bits per heavy atom. The highest BCUT2D eigenvalue weighted by atomic mass is 35.5. The smallest absolute Gasteiger partial charge is 0.295 e. The normalized spacial score (nSPS) is 20.0. The van der Waals surface area contributed by atoms with Gasteiger partial charge in [-0.25, -0.2) is 0 Å². The summed E-state index contributed by atoms with van der Waals surface area (Å²) in [7, 11) is 4.52. The highest BCUT2D eigenvalue weighted by Gasteiger charge is 2.47. The molecule has 2 saturated heterocycles. The monoisotopic (exact) mass is 516 g/mol. The van der Waals surface area contributed by atoms with Gasteiger partial charge in [0.15, 0.2) is 0 Å². The molecule has 0 aliphatic carbocycles. The van der Waals surface area contributed by atoms with Crippen molar-refractivity contribution in [2.75, 3.05) is 60.7 Å². The lowest BCUT2D eigenvalue weighted by atomic mass is 9.94. The molecular weight excluding hydrogens is 488 g/mol. The van der Waals surface area contributed by atoms with E-state index in [1.54, 1.807) is 30.3 Å². The lowest BCUT2D eigenvalue weighted by molar-refractivity contribution is -0.140. The Hall–Kier alpha value is -3.27. The van der Waals surface area contributed by atoms with Crippen molar-refractivity contribution < 1.29 is 33.6 Å². The molecule has 2 aliphatic rings. The maximum atomic E-state index is 13.4. The minimum Gasteiger partial charge on any atom is -0.507 e. The maximum absolute atomic E-state index is 13.4. The van der Waals surface area contributed by atoms with Gasteiger partial charge in [-0.05, 0) is 36.4 Å². The molecule has 2 fully saturated rings. The van der Waals surface area contributed by atoms with E-state index in [1.807, 2.05) is 0 Å². The fraction of sp³-hybridized carbons (Fsp3) is 0.385. The second-order valence-electron chi connectivity index (χ2n) is 8.40. The molecule has 192 valence electrons. The van der Waals surface area contributed by atoms with Gasteiger partial charge in [0, 0.05) is 37.3 Å². The number of methoxy groups -OCH3 is 3. The van der Waals surface area contributed by atoms with Crippen LogP contribution in [0.4, 0.5) is 0 Å². The molecule has 36 heavy (non-hydrogen) atoms. The molecule has 1 N–H and O–H groups in total. The van der Waals surface area contributed by atoms with E-state index < -0.39 is 17.7 Å². The van der Waals surface area contributed by atoms with Crippen LogP contribution >= 0.6 is 11.6 Å². The summed E-state index contributed by atoms with van der Waals surface area (Å²) in [5, 5.41) is 11.6. The minimum atomic E-state index is -0.892. The third-order valence-corrected chi connectivity index (χ3v) is 6.75. The van der Waals surface area contributed by atoms with E-state index in [-0.39, 0.29) is 22.9 Å². The zero-order valence-electron chi connectivity index (χ0n) is 20.5. The van der Waals surface area contributed by atoms with Gasteiger partial charge < -0.3 is 29.0 Å². The van der Waals surface area contributed by atoms with Crippen LogP contribution in [0.1, 0.15) is 17.2 Å². The standard InChI is InChI=1S/C26H29ClN2O7/c1-33-17-5-7-20(34-2)18(15-17)23-22(24(30)16-4-6-21(35-3)19(27)14-16)25(31)26(32)29(23)9-8-28-10-12-36-13-11-28/h4-7,14-15,23,30H,8-13H2,1-3H3/t23-/m1/s1. The summed E-state index contributed by atoms with van der Waals surface area (Å²) < 4.78 is 21.6. The molecule has 0 spiro atoms. The predicted octanol–water partition coefficient (Wildman–Crippen LogP) is 3.12. The number of rotatable bonds is 8. The van der Waals surface area contributed by atoms with Gasteiger partial charge in [0.2, 0.25) is 0 Å². The first-order valence-electron chi connectivity index (χ1n) is 11.5. The number of morpholine rings is 1. The molecule has 9 nitrogen and oxygen atoms in total. The van der Waals surface area contributed by atoms with E-state index in [0.717, 1.165) is 13.1 Å². The predicted molar refractivity (Wildman–Crippen MR) is 134 cm³/mol. The maximum Gasteiger partial charge on any atom is 0.295 e. The van der Waals surface area contributed by atoms with Gasteiger partial charge in [-0.1, -0.05) is 11.6 Å². The van der Waals surface area contributed by atoms with E-state index >= 15 is 0 Å². The number of Topliss-reactive ketones (excluding diaryl/α,β-unsaturated/α-hetero) is 1. The van der Waals surface area contributed by atoms with Gasteiger partial charge in [0.25, 0.3) is 11.7 Å². The quantitative estimate of drug-likeness (QED) is 0.325. The van der Waals surface area contributed by atoms with Crippen molar-refractivity contribution in [1.29, 1.82) is 0 Å². The average Bonchev–Trinajstić information content (AvgIpc) is 3.16. The number of carbonyl (C=O) groups is 2. The summed E-state index contributed by atoms with van der Waals surface area (Å²) in [6.45, 7) is 3.53. The first-order valence-corrected chi connectivity index (χ1v) is 11.9. The van der Waals surface area contributed by atoms with Crippen LogP contribution in [0.5, 0.6) is 17.2 Å². The largest absolute Gasteiger partial charge is 0.507 e. The van der Waals surface area contributed by atoms with Crippen molar-refractivity contribution in [1.82, 2.24) is 9.80 Å². The molecule has 0 unspecified atom stereocenters. The van der Waals surface area contributed by atoms with Crippen LogP contribution in [-0.2, 0) is 14.3 Å². The van der Waals surface area contributed by atoms with Crippen LogP contribution in [0.15, 0.2) is 42.0 Å². The molecule has 2 aromatic rings. The molecule has 1 amide bonds. The van der Waals surface area contributed by atoms with Crippen LogP contribution in [0, 0.1) is 0 Å². The van der Waals surface area contributed by atoms with E-state index in [2.05, 4.69) is 4.90 Å². The molecule has 0 bridgehead atoms. The number of ether oxygens (including phenoxy) is 4. The highest BCUT2D eigenvalue weighted by molar-refractivity contribution is 6.46. The summed E-state index contributed by atoms with van der Waals surface area (Å²) in [6.07, 6.45) is 0. The number of halogens is 1. The van der Waals surface area contributed by atoms with E-state index in [1.165, 1.54) is 32.3 Å². The number of likely N-dealkylation sites (tertiary alicyclic amines) is 1. The van der Waals surface area contributed by atoms with Gasteiger partial charge in [0.1, 0.15) is 23.0 Å². The zero-order valence-corrected chi connectivity index (χ0v) is 21.2. The second kappa shape index (κ2) is 11.2. The fourth-order valence-electron chi connectivity index (χ4n) is 4.53. The van der Waals surface area contributed by atoms with Crippen molar-refractivity contribution in [3.05, 3.63) is 58.1 Å². The number of aliphatic hydroxyl groups is 1. The molecule has 2 aromatic carbocycles. The van der Waals surface area contributed by atoms with E-state index in [9.17, 15) is 14.7 Å². The Morgan fingerprint density at radius 2 is 1.69 bits per heavy atom. The molecule has 10 heteroatoms. The van der Waals surface area contributed by atoms with Gasteiger partial charge in [-0.15, -0.1) is 0 Å². The molecule has 2 aliphatic heterocycles. The number of benzene rings is 2. The molecule has 0 radical (unpaired) electrons. The Balaban J connectivity index is 1.83. The van der Waals surface area contributed by atoms with Crippen LogP contribution in [0.25, 0.3) is 5.76 Å². The number of hydrogen-bond donors (Lipinski definition) is 1. The second-order valence-corrected chi connectivity index (χ2v) is 8.81. The minimum absolute atomic E-state index is 0.0465. The summed E-state index contributed by atoms with van der Waals surface area (Å²) in [6, 6.07) is 8.93. The number of aliphatic hydroxyl groups excluding tert-OH is 1. The first kappa shape index (κ1) is 25.8. The number of hydrogen-bond acceptors (Lipinski definition) is 8. The van der Waals surface area contributed by atoms with Gasteiger partial charge in [-0.2, -0.15) is 0 Å². The zero-order chi connectivity index (χ0) is 25.8.